The van der Waals surface area contributed by atoms with Crippen LogP contribution in [-0.2, 0) is 5.54 Å². The minimum Gasteiger partial charge on any atom is -0.493 e. The first-order chi connectivity index (χ1) is 11.8. The molecule has 0 saturated heterocycles. The summed E-state index contributed by atoms with van der Waals surface area (Å²) in [4.78, 5) is 12.5. The van der Waals surface area contributed by atoms with Crippen LogP contribution in [0.2, 0.25) is 5.02 Å². The van der Waals surface area contributed by atoms with Crippen molar-refractivity contribution in [3.63, 3.8) is 0 Å². The quantitative estimate of drug-likeness (QED) is 0.869. The molecule has 1 atom stereocenters. The summed E-state index contributed by atoms with van der Waals surface area (Å²) in [6, 6.07) is 4.25. The van der Waals surface area contributed by atoms with Gasteiger partial charge in [-0.2, -0.15) is 5.10 Å². The number of hydrogen-bond acceptors (Lipinski definition) is 4. The van der Waals surface area contributed by atoms with Crippen molar-refractivity contribution >= 4 is 17.3 Å². The first kappa shape index (κ1) is 17.7. The lowest BCUT2D eigenvalue weighted by Crippen LogP contribution is -2.36. The minimum absolute atomic E-state index is 0.0769. The number of fused-ring (bicyclic) bond motifs is 1. The summed E-state index contributed by atoms with van der Waals surface area (Å²) in [7, 11) is 0. The van der Waals surface area contributed by atoms with E-state index in [2.05, 4.69) is 10.4 Å². The van der Waals surface area contributed by atoms with Gasteiger partial charge < -0.3 is 10.1 Å². The number of aromatic nitrogens is 2. The van der Waals surface area contributed by atoms with Gasteiger partial charge in [-0.1, -0.05) is 11.6 Å². The summed E-state index contributed by atoms with van der Waals surface area (Å²) in [5.74, 6) is 0.312. The molecule has 0 bridgehead atoms. The fourth-order valence-electron chi connectivity index (χ4n) is 2.90. The van der Waals surface area contributed by atoms with Gasteiger partial charge in [-0.15, -0.1) is 0 Å². The second-order valence-electron chi connectivity index (χ2n) is 7.13. The highest BCUT2D eigenvalue weighted by Crippen LogP contribution is 2.35. The van der Waals surface area contributed by atoms with E-state index in [-0.39, 0.29) is 22.4 Å². The van der Waals surface area contributed by atoms with Crippen LogP contribution in [-0.4, -0.2) is 16.4 Å². The van der Waals surface area contributed by atoms with Crippen molar-refractivity contribution in [1.29, 1.82) is 0 Å². The number of benzene rings is 1. The van der Waals surface area contributed by atoms with E-state index in [0.717, 1.165) is 12.8 Å². The molecule has 5 nitrogen and oxygen atoms in total. The Bertz CT molecular complexity index is 845. The smallest absolute Gasteiger partial charge is 0.288 e. The second kappa shape index (κ2) is 6.67. The molecule has 7 heteroatoms. The SMILES string of the molecule is CC(C)(C)n1ncc(N[C@H]2CCCOc3ccc(F)cc32)c(Cl)c1=O. The summed E-state index contributed by atoms with van der Waals surface area (Å²) in [5, 5.41) is 7.54. The lowest BCUT2D eigenvalue weighted by atomic mass is 10.0. The molecule has 0 spiro atoms. The van der Waals surface area contributed by atoms with Gasteiger partial charge in [0.25, 0.3) is 5.56 Å². The summed E-state index contributed by atoms with van der Waals surface area (Å²) >= 11 is 6.28. The standard InChI is InChI=1S/C18H21ClFN3O2/c1-18(2,3)23-17(24)16(19)14(10-21-23)22-13-5-4-8-25-15-7-6-11(20)9-12(13)15/h6-7,9-10,13,22H,4-5,8H2,1-3H3/t13-/m0/s1. The Morgan fingerprint density at radius 3 is 2.88 bits per heavy atom. The molecule has 1 N–H and O–H groups in total. The van der Waals surface area contributed by atoms with Crippen molar-refractivity contribution in [3.05, 3.63) is 51.2 Å². The van der Waals surface area contributed by atoms with Crippen LogP contribution in [0.25, 0.3) is 0 Å². The van der Waals surface area contributed by atoms with E-state index in [1.807, 2.05) is 20.8 Å². The third kappa shape index (κ3) is 3.63. The maximum atomic E-state index is 13.7. The molecular weight excluding hydrogens is 345 g/mol. The first-order valence-electron chi connectivity index (χ1n) is 8.24. The van der Waals surface area contributed by atoms with E-state index in [9.17, 15) is 9.18 Å². The highest BCUT2D eigenvalue weighted by atomic mass is 35.5. The molecule has 134 valence electrons. The molecule has 1 aliphatic rings. The van der Waals surface area contributed by atoms with Crippen molar-refractivity contribution < 1.29 is 9.13 Å². The molecule has 1 aromatic heterocycles. The van der Waals surface area contributed by atoms with E-state index in [4.69, 9.17) is 16.3 Å². The Hall–Kier alpha value is -2.08. The van der Waals surface area contributed by atoms with E-state index < -0.39 is 5.54 Å². The summed E-state index contributed by atoms with van der Waals surface area (Å²) in [6.07, 6.45) is 3.08. The lowest BCUT2D eigenvalue weighted by molar-refractivity contribution is 0.316. The van der Waals surface area contributed by atoms with Gasteiger partial charge >= 0.3 is 0 Å². The Labute approximate surface area is 150 Å². The number of ether oxygens (including phenoxy) is 1. The molecule has 0 aliphatic carbocycles. The van der Waals surface area contributed by atoms with Crippen LogP contribution >= 0.6 is 11.6 Å². The molecule has 2 aromatic rings. The highest BCUT2D eigenvalue weighted by Gasteiger charge is 2.24. The van der Waals surface area contributed by atoms with Crippen molar-refractivity contribution in [2.45, 2.75) is 45.2 Å². The molecule has 2 heterocycles. The summed E-state index contributed by atoms with van der Waals surface area (Å²) < 4.78 is 20.7. The van der Waals surface area contributed by atoms with Crippen LogP contribution in [0.3, 0.4) is 0 Å². The average molecular weight is 366 g/mol. The zero-order valence-electron chi connectivity index (χ0n) is 14.5. The number of nitrogens with one attached hydrogen (secondary N) is 1. The topological polar surface area (TPSA) is 56.1 Å². The molecule has 0 fully saturated rings. The summed E-state index contributed by atoms with van der Waals surface area (Å²) in [6.45, 7) is 6.21. The normalized spacial score (nSPS) is 17.4. The van der Waals surface area contributed by atoms with Crippen molar-refractivity contribution in [3.8, 4) is 5.75 Å². The predicted octanol–water partition coefficient (Wildman–Crippen LogP) is 4.12. The molecule has 25 heavy (non-hydrogen) atoms. The Morgan fingerprint density at radius 1 is 1.40 bits per heavy atom. The van der Waals surface area contributed by atoms with Crippen LogP contribution in [0, 0.1) is 5.82 Å². The Balaban J connectivity index is 1.97. The van der Waals surface area contributed by atoms with Crippen LogP contribution < -0.4 is 15.6 Å². The highest BCUT2D eigenvalue weighted by molar-refractivity contribution is 6.32. The van der Waals surface area contributed by atoms with Crippen LogP contribution in [0.5, 0.6) is 5.75 Å². The monoisotopic (exact) mass is 365 g/mol. The van der Waals surface area contributed by atoms with Gasteiger partial charge in [-0.25, -0.2) is 9.07 Å². The van der Waals surface area contributed by atoms with Crippen molar-refractivity contribution in [2.75, 3.05) is 11.9 Å². The van der Waals surface area contributed by atoms with Gasteiger partial charge in [-0.05, 0) is 51.8 Å². The zero-order chi connectivity index (χ0) is 18.2. The first-order valence-corrected chi connectivity index (χ1v) is 8.62. The number of anilines is 1. The molecule has 3 rings (SSSR count). The third-order valence-electron chi connectivity index (χ3n) is 4.13. The third-order valence-corrected chi connectivity index (χ3v) is 4.49. The number of hydrogen-bond donors (Lipinski definition) is 1. The zero-order valence-corrected chi connectivity index (χ0v) is 15.2. The van der Waals surface area contributed by atoms with E-state index >= 15 is 0 Å². The van der Waals surface area contributed by atoms with Gasteiger partial charge in [-0.3, -0.25) is 4.79 Å². The maximum Gasteiger partial charge on any atom is 0.288 e. The molecular formula is C18H21ClFN3O2. The molecule has 0 unspecified atom stereocenters. The fraction of sp³-hybridized carbons (Fsp3) is 0.444. The molecule has 0 radical (unpaired) electrons. The fourth-order valence-corrected chi connectivity index (χ4v) is 3.08. The van der Waals surface area contributed by atoms with Gasteiger partial charge in [0.2, 0.25) is 0 Å². The number of rotatable bonds is 2. The largest absolute Gasteiger partial charge is 0.493 e. The van der Waals surface area contributed by atoms with E-state index in [1.165, 1.54) is 16.8 Å². The molecule has 1 aliphatic heterocycles. The van der Waals surface area contributed by atoms with Gasteiger partial charge in [0, 0.05) is 5.56 Å². The molecule has 0 saturated carbocycles. The molecule has 0 amide bonds. The minimum atomic E-state index is -0.467. The van der Waals surface area contributed by atoms with Gasteiger partial charge in [0.1, 0.15) is 16.6 Å². The van der Waals surface area contributed by atoms with Crippen molar-refractivity contribution in [1.82, 2.24) is 9.78 Å². The van der Waals surface area contributed by atoms with Gasteiger partial charge in [0.05, 0.1) is 30.1 Å². The summed E-state index contributed by atoms with van der Waals surface area (Å²) in [5.41, 5.74) is 0.330. The Morgan fingerprint density at radius 2 is 2.16 bits per heavy atom. The molecule has 1 aromatic carbocycles. The van der Waals surface area contributed by atoms with Crippen LogP contribution in [0.15, 0.2) is 29.2 Å². The number of halogens is 2. The predicted molar refractivity (Wildman–Crippen MR) is 96.0 cm³/mol. The van der Waals surface area contributed by atoms with E-state index in [0.29, 0.717) is 23.6 Å². The van der Waals surface area contributed by atoms with Crippen LogP contribution in [0.4, 0.5) is 10.1 Å². The average Bonchev–Trinajstić information content (AvgIpc) is 2.73. The van der Waals surface area contributed by atoms with Crippen LogP contribution in [0.1, 0.15) is 45.2 Å². The second-order valence-corrected chi connectivity index (χ2v) is 7.51. The van der Waals surface area contributed by atoms with E-state index in [1.54, 1.807) is 12.3 Å². The number of nitrogens with zero attached hydrogens (tertiary/aromatic N) is 2. The lowest BCUT2D eigenvalue weighted by Gasteiger charge is -2.23. The van der Waals surface area contributed by atoms with Crippen molar-refractivity contribution in [2.24, 2.45) is 0 Å². The maximum absolute atomic E-state index is 13.7. The Kier molecular flexibility index (Phi) is 4.73. The van der Waals surface area contributed by atoms with Gasteiger partial charge in [0.15, 0.2) is 0 Å².